The van der Waals surface area contributed by atoms with Gasteiger partial charge < -0.3 is 4.74 Å². The van der Waals surface area contributed by atoms with Gasteiger partial charge in [-0.05, 0) is 30.1 Å². The lowest BCUT2D eigenvalue weighted by molar-refractivity contribution is -0.113. The highest BCUT2D eigenvalue weighted by atomic mass is 32.2. The number of anilines is 1. The SMILES string of the molecule is CC1=CC(=O)N(c2ccccc2)S(=O)(=O)N1COCC[Si](C)(C)C(C)(C)C. The second-order valence-electron chi connectivity index (χ2n) is 8.50. The van der Waals surface area contributed by atoms with E-state index in [1.54, 1.807) is 37.3 Å². The molecule has 0 N–H and O–H groups in total. The van der Waals surface area contributed by atoms with E-state index < -0.39 is 24.2 Å². The van der Waals surface area contributed by atoms with Crippen molar-refractivity contribution in [3.8, 4) is 0 Å². The molecule has 0 unspecified atom stereocenters. The number of hydrogen-bond acceptors (Lipinski definition) is 4. The number of amides is 1. The van der Waals surface area contributed by atoms with Crippen molar-refractivity contribution in [2.45, 2.75) is 51.9 Å². The van der Waals surface area contributed by atoms with E-state index in [2.05, 4.69) is 33.9 Å². The molecule has 2 rings (SSSR count). The average molecular weight is 411 g/mol. The lowest BCUT2D eigenvalue weighted by atomic mass is 10.2. The molecule has 1 aromatic rings. The lowest BCUT2D eigenvalue weighted by Crippen LogP contribution is -2.50. The van der Waals surface area contributed by atoms with Crippen molar-refractivity contribution in [2.24, 2.45) is 0 Å². The third-order valence-electron chi connectivity index (χ3n) is 5.54. The summed E-state index contributed by atoms with van der Waals surface area (Å²) in [5.41, 5.74) is 0.678. The van der Waals surface area contributed by atoms with Gasteiger partial charge in [-0.3, -0.25) is 4.79 Å². The van der Waals surface area contributed by atoms with Crippen molar-refractivity contribution in [3.05, 3.63) is 42.1 Å². The van der Waals surface area contributed by atoms with Gasteiger partial charge in [0.05, 0.1) is 13.8 Å². The molecule has 1 amide bonds. The fourth-order valence-electron chi connectivity index (χ4n) is 2.55. The molecule has 150 valence electrons. The molecule has 0 aliphatic carbocycles. The van der Waals surface area contributed by atoms with Crippen LogP contribution in [0.4, 0.5) is 5.69 Å². The van der Waals surface area contributed by atoms with E-state index in [9.17, 15) is 13.2 Å². The van der Waals surface area contributed by atoms with Crippen molar-refractivity contribution in [3.63, 3.8) is 0 Å². The van der Waals surface area contributed by atoms with Crippen LogP contribution in [-0.2, 0) is 19.7 Å². The number of carbonyl (C=O) groups is 1. The van der Waals surface area contributed by atoms with Crippen LogP contribution in [0.15, 0.2) is 42.1 Å². The van der Waals surface area contributed by atoms with Gasteiger partial charge in [0.1, 0.15) is 6.73 Å². The maximum absolute atomic E-state index is 13.0. The zero-order valence-corrected chi connectivity index (χ0v) is 18.8. The third kappa shape index (κ3) is 4.62. The number of para-hydroxylation sites is 1. The normalized spacial score (nSPS) is 17.9. The van der Waals surface area contributed by atoms with E-state index in [-0.39, 0.29) is 11.8 Å². The Morgan fingerprint density at radius 2 is 1.70 bits per heavy atom. The maximum atomic E-state index is 13.0. The van der Waals surface area contributed by atoms with E-state index >= 15 is 0 Å². The molecule has 0 spiro atoms. The summed E-state index contributed by atoms with van der Waals surface area (Å²) in [5.74, 6) is -0.573. The summed E-state index contributed by atoms with van der Waals surface area (Å²) in [7, 11) is -5.52. The molecular weight excluding hydrogens is 380 g/mol. The van der Waals surface area contributed by atoms with Crippen LogP contribution in [-0.4, -0.2) is 40.0 Å². The van der Waals surface area contributed by atoms with Crippen LogP contribution in [0.25, 0.3) is 0 Å². The Kier molecular flexibility index (Phi) is 6.23. The predicted octanol–water partition coefficient (Wildman–Crippen LogP) is 3.97. The molecule has 27 heavy (non-hydrogen) atoms. The van der Waals surface area contributed by atoms with E-state index in [1.807, 2.05) is 0 Å². The molecule has 0 saturated carbocycles. The molecule has 1 aliphatic heterocycles. The van der Waals surface area contributed by atoms with Crippen LogP contribution < -0.4 is 4.31 Å². The largest absolute Gasteiger partial charge is 0.360 e. The fourth-order valence-corrected chi connectivity index (χ4v) is 5.44. The highest BCUT2D eigenvalue weighted by Gasteiger charge is 2.39. The van der Waals surface area contributed by atoms with Crippen LogP contribution >= 0.6 is 0 Å². The minimum Gasteiger partial charge on any atom is -0.360 e. The Morgan fingerprint density at radius 1 is 1.11 bits per heavy atom. The van der Waals surface area contributed by atoms with E-state index in [0.29, 0.717) is 18.0 Å². The second-order valence-corrected chi connectivity index (χ2v) is 16.0. The molecule has 0 atom stereocenters. The van der Waals surface area contributed by atoms with Gasteiger partial charge in [0.15, 0.2) is 0 Å². The smallest absolute Gasteiger partial charge is 0.335 e. The molecule has 8 heteroatoms. The Balaban J connectivity index is 2.13. The first kappa shape index (κ1) is 21.7. The number of nitrogens with zero attached hydrogens (tertiary/aromatic N) is 2. The van der Waals surface area contributed by atoms with Crippen LogP contribution in [0.1, 0.15) is 27.7 Å². The van der Waals surface area contributed by atoms with Gasteiger partial charge >= 0.3 is 10.2 Å². The second kappa shape index (κ2) is 7.77. The third-order valence-corrected chi connectivity index (χ3v) is 12.9. The highest BCUT2D eigenvalue weighted by Crippen LogP contribution is 2.38. The first-order chi connectivity index (χ1) is 12.4. The summed E-state index contributed by atoms with van der Waals surface area (Å²) in [4.78, 5) is 12.3. The Hall–Kier alpha value is -1.64. The maximum Gasteiger partial charge on any atom is 0.335 e. The van der Waals surface area contributed by atoms with Gasteiger partial charge in [-0.25, -0.2) is 4.31 Å². The summed E-state index contributed by atoms with van der Waals surface area (Å²) in [5, 5.41) is 0.250. The molecule has 1 aliphatic rings. The predicted molar refractivity (Wildman–Crippen MR) is 111 cm³/mol. The molecule has 1 aromatic carbocycles. The first-order valence-corrected chi connectivity index (χ1v) is 13.7. The monoisotopic (exact) mass is 410 g/mol. The molecule has 0 fully saturated rings. The topological polar surface area (TPSA) is 66.9 Å². The number of hydrogen-bond donors (Lipinski definition) is 0. The fraction of sp³-hybridized carbons (Fsp3) is 0.526. The first-order valence-electron chi connectivity index (χ1n) is 9.06. The minimum atomic E-state index is -4.02. The summed E-state index contributed by atoms with van der Waals surface area (Å²) >= 11 is 0. The van der Waals surface area contributed by atoms with Crippen LogP contribution in [0.3, 0.4) is 0 Å². The lowest BCUT2D eigenvalue weighted by Gasteiger charge is -2.37. The van der Waals surface area contributed by atoms with Crippen molar-refractivity contribution < 1.29 is 17.9 Å². The van der Waals surface area contributed by atoms with Crippen LogP contribution in [0, 0.1) is 0 Å². The Labute approximate surface area is 164 Å². The van der Waals surface area contributed by atoms with E-state index in [1.165, 1.54) is 6.08 Å². The number of carbonyl (C=O) groups excluding carboxylic acids is 1. The van der Waals surface area contributed by atoms with Crippen molar-refractivity contribution in [1.82, 2.24) is 4.31 Å². The van der Waals surface area contributed by atoms with E-state index in [0.717, 1.165) is 14.7 Å². The summed E-state index contributed by atoms with van der Waals surface area (Å²) in [6.45, 7) is 13.4. The molecule has 6 nitrogen and oxygen atoms in total. The molecule has 0 saturated heterocycles. The average Bonchev–Trinajstić information content (AvgIpc) is 2.53. The van der Waals surface area contributed by atoms with Crippen LogP contribution in [0.2, 0.25) is 24.2 Å². The molecule has 0 aromatic heterocycles. The van der Waals surface area contributed by atoms with Gasteiger partial charge in [0.25, 0.3) is 5.91 Å². The highest BCUT2D eigenvalue weighted by molar-refractivity contribution is 7.91. The van der Waals surface area contributed by atoms with Gasteiger partial charge in [-0.15, -0.1) is 0 Å². The van der Waals surface area contributed by atoms with Crippen LogP contribution in [0.5, 0.6) is 0 Å². The summed E-state index contributed by atoms with van der Waals surface area (Å²) in [6, 6.07) is 9.30. The van der Waals surface area contributed by atoms with Crippen molar-refractivity contribution in [1.29, 1.82) is 0 Å². The van der Waals surface area contributed by atoms with Crippen molar-refractivity contribution in [2.75, 3.05) is 17.6 Å². The standard InChI is InChI=1S/C19H30N2O4SSi/c1-16-14-18(22)21(17-10-8-7-9-11-17)26(23,24)20(16)15-25-12-13-27(5,6)19(2,3)4/h7-11,14H,12-13,15H2,1-6H3. The summed E-state index contributed by atoms with van der Waals surface area (Å²) in [6.07, 6.45) is 1.32. The van der Waals surface area contributed by atoms with Crippen molar-refractivity contribution >= 4 is 29.9 Å². The molecular formula is C19H30N2O4SSi. The van der Waals surface area contributed by atoms with Gasteiger partial charge in [0.2, 0.25) is 0 Å². The van der Waals surface area contributed by atoms with Gasteiger partial charge in [-0.1, -0.05) is 52.1 Å². The molecule has 0 radical (unpaired) electrons. The minimum absolute atomic E-state index is 0.101. The molecule has 0 bridgehead atoms. The zero-order valence-electron chi connectivity index (χ0n) is 17.0. The number of benzene rings is 1. The Morgan fingerprint density at radius 3 is 2.26 bits per heavy atom. The van der Waals surface area contributed by atoms with E-state index in [4.69, 9.17) is 4.74 Å². The van der Waals surface area contributed by atoms with Gasteiger partial charge in [0, 0.05) is 18.4 Å². The number of ether oxygens (including phenoxy) is 1. The molecule has 1 heterocycles. The quantitative estimate of drug-likeness (QED) is 0.526. The summed E-state index contributed by atoms with van der Waals surface area (Å²) < 4.78 is 33.7. The zero-order chi connectivity index (χ0) is 20.5. The number of allylic oxidation sites excluding steroid dienone is 1. The number of rotatable bonds is 6. The van der Waals surface area contributed by atoms with Gasteiger partial charge in [-0.2, -0.15) is 12.7 Å². The Bertz CT molecular complexity index is 814.